The number of carbonyl (C=O) groups excluding carboxylic acids is 2. The molecule has 6 nitrogen and oxygen atoms in total. The smallest absolute Gasteiger partial charge is 0.260 e. The molecule has 136 valence electrons. The van der Waals surface area contributed by atoms with E-state index in [1.54, 1.807) is 12.1 Å². The van der Waals surface area contributed by atoms with Crippen molar-refractivity contribution in [3.8, 4) is 5.75 Å². The minimum absolute atomic E-state index is 0.0237. The molecular formula is C19H27N3O3. The predicted octanol–water partition coefficient (Wildman–Crippen LogP) is 2.01. The molecule has 0 saturated carbocycles. The maximum absolute atomic E-state index is 12.4. The number of benzene rings is 1. The monoisotopic (exact) mass is 345 g/mol. The first-order valence-electron chi connectivity index (χ1n) is 9.17. The summed E-state index contributed by atoms with van der Waals surface area (Å²) in [5.41, 5.74) is 0.710. The molecule has 0 unspecified atom stereocenters. The zero-order valence-corrected chi connectivity index (χ0v) is 14.8. The number of hydrogen-bond acceptors (Lipinski definition) is 4. The van der Waals surface area contributed by atoms with Gasteiger partial charge in [0.25, 0.3) is 5.91 Å². The van der Waals surface area contributed by atoms with Crippen molar-refractivity contribution >= 4 is 17.5 Å². The lowest BCUT2D eigenvalue weighted by atomic mass is 9.92. The Labute approximate surface area is 148 Å². The van der Waals surface area contributed by atoms with Crippen molar-refractivity contribution < 1.29 is 14.3 Å². The number of hydrogen-bond donors (Lipinski definition) is 2. The Hall–Kier alpha value is -2.08. The van der Waals surface area contributed by atoms with Crippen LogP contribution < -0.4 is 15.4 Å². The van der Waals surface area contributed by atoms with Crippen molar-refractivity contribution in [1.29, 1.82) is 0 Å². The van der Waals surface area contributed by atoms with E-state index in [2.05, 4.69) is 17.6 Å². The number of rotatable bonds is 5. The second-order valence-electron chi connectivity index (χ2n) is 6.97. The number of anilines is 1. The van der Waals surface area contributed by atoms with Gasteiger partial charge in [-0.25, -0.2) is 0 Å². The molecule has 1 aromatic carbocycles. The van der Waals surface area contributed by atoms with Gasteiger partial charge in [0.15, 0.2) is 6.61 Å². The number of ether oxygens (including phenoxy) is 1. The number of amides is 2. The molecule has 2 heterocycles. The Kier molecular flexibility index (Phi) is 5.91. The lowest BCUT2D eigenvalue weighted by Crippen LogP contribution is -2.40. The van der Waals surface area contributed by atoms with Crippen LogP contribution in [0, 0.1) is 5.92 Å². The molecule has 1 aromatic rings. The van der Waals surface area contributed by atoms with Gasteiger partial charge in [0.1, 0.15) is 5.75 Å². The van der Waals surface area contributed by atoms with Gasteiger partial charge in [-0.05, 0) is 51.3 Å². The summed E-state index contributed by atoms with van der Waals surface area (Å²) in [5.74, 6) is 0.718. The van der Waals surface area contributed by atoms with Crippen LogP contribution in [-0.4, -0.2) is 49.0 Å². The maximum Gasteiger partial charge on any atom is 0.260 e. The van der Waals surface area contributed by atoms with E-state index in [4.69, 9.17) is 4.74 Å². The van der Waals surface area contributed by atoms with Gasteiger partial charge in [-0.15, -0.1) is 0 Å². The molecule has 0 spiro atoms. The van der Waals surface area contributed by atoms with Gasteiger partial charge in [-0.2, -0.15) is 0 Å². The molecule has 0 radical (unpaired) electrons. The second kappa shape index (κ2) is 8.34. The van der Waals surface area contributed by atoms with Gasteiger partial charge in [-0.3, -0.25) is 9.59 Å². The minimum Gasteiger partial charge on any atom is -0.484 e. The van der Waals surface area contributed by atoms with Crippen LogP contribution in [0.5, 0.6) is 5.75 Å². The normalized spacial score (nSPS) is 23.3. The van der Waals surface area contributed by atoms with E-state index >= 15 is 0 Å². The van der Waals surface area contributed by atoms with Crippen molar-refractivity contribution in [2.45, 2.75) is 38.6 Å². The lowest BCUT2D eigenvalue weighted by Gasteiger charge is -2.27. The van der Waals surface area contributed by atoms with E-state index in [1.165, 1.54) is 0 Å². The Balaban J connectivity index is 1.52. The van der Waals surface area contributed by atoms with Crippen molar-refractivity contribution in [3.63, 3.8) is 0 Å². The molecule has 2 saturated heterocycles. The first-order valence-corrected chi connectivity index (χ1v) is 9.17. The second-order valence-corrected chi connectivity index (χ2v) is 6.97. The zero-order chi connectivity index (χ0) is 17.6. The summed E-state index contributed by atoms with van der Waals surface area (Å²) in [4.78, 5) is 26.3. The summed E-state index contributed by atoms with van der Waals surface area (Å²) in [5, 5.41) is 6.33. The highest BCUT2D eigenvalue weighted by atomic mass is 16.5. The van der Waals surface area contributed by atoms with E-state index in [1.807, 2.05) is 17.0 Å². The molecule has 0 aliphatic carbocycles. The van der Waals surface area contributed by atoms with Crippen molar-refractivity contribution in [2.75, 3.05) is 31.6 Å². The summed E-state index contributed by atoms with van der Waals surface area (Å²) in [7, 11) is 0. The fourth-order valence-electron chi connectivity index (χ4n) is 3.48. The average molecular weight is 345 g/mol. The van der Waals surface area contributed by atoms with Crippen molar-refractivity contribution in [1.82, 2.24) is 10.2 Å². The Morgan fingerprint density at radius 3 is 2.88 bits per heavy atom. The average Bonchev–Trinajstić information content (AvgIpc) is 3.15. The van der Waals surface area contributed by atoms with Gasteiger partial charge in [-0.1, -0.05) is 6.07 Å². The van der Waals surface area contributed by atoms with Crippen molar-refractivity contribution in [2.24, 2.45) is 5.92 Å². The third-order valence-electron chi connectivity index (χ3n) is 4.92. The topological polar surface area (TPSA) is 70.7 Å². The largest absolute Gasteiger partial charge is 0.484 e. The van der Waals surface area contributed by atoms with Gasteiger partial charge in [0.05, 0.1) is 0 Å². The van der Waals surface area contributed by atoms with Crippen LogP contribution in [0.4, 0.5) is 5.69 Å². The summed E-state index contributed by atoms with van der Waals surface area (Å²) >= 11 is 0. The molecule has 2 aliphatic heterocycles. The van der Waals surface area contributed by atoms with E-state index in [0.717, 1.165) is 45.3 Å². The van der Waals surface area contributed by atoms with Crippen LogP contribution in [0.15, 0.2) is 24.3 Å². The van der Waals surface area contributed by atoms with Gasteiger partial charge >= 0.3 is 0 Å². The number of nitrogens with zero attached hydrogens (tertiary/aromatic N) is 1. The molecule has 0 bridgehead atoms. The third kappa shape index (κ3) is 4.95. The molecule has 2 N–H and O–H groups in total. The molecule has 2 fully saturated rings. The van der Waals surface area contributed by atoms with Gasteiger partial charge in [0, 0.05) is 36.8 Å². The van der Waals surface area contributed by atoms with Crippen LogP contribution in [0.2, 0.25) is 0 Å². The van der Waals surface area contributed by atoms with Crippen molar-refractivity contribution in [3.05, 3.63) is 24.3 Å². The molecular weight excluding hydrogens is 318 g/mol. The quantitative estimate of drug-likeness (QED) is 0.856. The molecule has 3 rings (SSSR count). The SMILES string of the molecule is C[C@H]1C[C@@H](C(=O)Nc2cccc(OCC(=O)N3CCCC3)c2)CCN1. The molecule has 6 heteroatoms. The summed E-state index contributed by atoms with van der Waals surface area (Å²) in [6.45, 7) is 4.68. The number of piperidine rings is 1. The van der Waals surface area contributed by atoms with Gasteiger partial charge < -0.3 is 20.3 Å². The van der Waals surface area contributed by atoms with Crippen LogP contribution in [-0.2, 0) is 9.59 Å². The lowest BCUT2D eigenvalue weighted by molar-refractivity contribution is -0.132. The predicted molar refractivity (Wildman–Crippen MR) is 96.6 cm³/mol. The van der Waals surface area contributed by atoms with Crippen LogP contribution in [0.1, 0.15) is 32.6 Å². The highest BCUT2D eigenvalue weighted by Gasteiger charge is 2.24. The Bertz CT molecular complexity index is 614. The van der Waals surface area contributed by atoms with Crippen LogP contribution >= 0.6 is 0 Å². The number of likely N-dealkylation sites (tertiary alicyclic amines) is 1. The Morgan fingerprint density at radius 2 is 2.12 bits per heavy atom. The minimum atomic E-state index is 0.0237. The van der Waals surface area contributed by atoms with E-state index in [9.17, 15) is 9.59 Å². The zero-order valence-electron chi connectivity index (χ0n) is 14.8. The number of carbonyl (C=O) groups is 2. The third-order valence-corrected chi connectivity index (χ3v) is 4.92. The Morgan fingerprint density at radius 1 is 1.32 bits per heavy atom. The number of nitrogens with one attached hydrogen (secondary N) is 2. The fourth-order valence-corrected chi connectivity index (χ4v) is 3.48. The summed E-state index contributed by atoms with van der Waals surface area (Å²) in [6.07, 6.45) is 3.86. The first kappa shape index (κ1) is 17.7. The maximum atomic E-state index is 12.4. The summed E-state index contributed by atoms with van der Waals surface area (Å²) in [6, 6.07) is 7.63. The molecule has 2 aliphatic rings. The molecule has 2 atom stereocenters. The molecule has 2 amide bonds. The van der Waals surface area contributed by atoms with Crippen LogP contribution in [0.3, 0.4) is 0 Å². The molecule has 25 heavy (non-hydrogen) atoms. The fraction of sp³-hybridized carbons (Fsp3) is 0.579. The highest BCUT2D eigenvalue weighted by molar-refractivity contribution is 5.92. The summed E-state index contributed by atoms with van der Waals surface area (Å²) < 4.78 is 5.61. The van der Waals surface area contributed by atoms with Crippen LogP contribution in [0.25, 0.3) is 0 Å². The first-order chi connectivity index (χ1) is 12.1. The highest BCUT2D eigenvalue weighted by Crippen LogP contribution is 2.21. The van der Waals surface area contributed by atoms with E-state index in [-0.39, 0.29) is 24.3 Å². The van der Waals surface area contributed by atoms with E-state index in [0.29, 0.717) is 17.5 Å². The van der Waals surface area contributed by atoms with Gasteiger partial charge in [0.2, 0.25) is 5.91 Å². The standard InChI is InChI=1S/C19H27N3O3/c1-14-11-15(7-8-20-14)19(24)21-16-5-4-6-17(12-16)25-13-18(23)22-9-2-3-10-22/h4-6,12,14-15,20H,2-3,7-11,13H2,1H3,(H,21,24)/t14-,15-/m0/s1. The molecule has 0 aromatic heterocycles. The van der Waals surface area contributed by atoms with E-state index < -0.39 is 0 Å².